The maximum absolute atomic E-state index is 12.5. The first-order chi connectivity index (χ1) is 13.3. The number of ether oxygens (including phenoxy) is 2. The maximum Gasteiger partial charge on any atom is 0.251 e. The number of carbonyl (C=O) groups is 1. The summed E-state index contributed by atoms with van der Waals surface area (Å²) in [6.07, 6.45) is 1.63. The number of aromatic nitrogens is 1. The van der Waals surface area contributed by atoms with Crippen molar-refractivity contribution in [3.8, 4) is 11.5 Å². The van der Waals surface area contributed by atoms with Crippen LogP contribution in [0, 0.1) is 0 Å². The van der Waals surface area contributed by atoms with Crippen molar-refractivity contribution in [2.45, 2.75) is 13.1 Å². The molecule has 3 aromatic rings. The van der Waals surface area contributed by atoms with Gasteiger partial charge in [-0.1, -0.05) is 36.4 Å². The molecule has 0 saturated heterocycles. The Labute approximate surface area is 157 Å². The minimum absolute atomic E-state index is 0.155. The van der Waals surface area contributed by atoms with Crippen molar-refractivity contribution in [2.24, 2.45) is 0 Å². The van der Waals surface area contributed by atoms with E-state index in [4.69, 9.17) is 9.47 Å². The van der Waals surface area contributed by atoms with Crippen molar-refractivity contribution in [2.75, 3.05) is 12.1 Å². The highest BCUT2D eigenvalue weighted by Gasteiger charge is 2.14. The Morgan fingerprint density at radius 1 is 0.926 bits per heavy atom. The van der Waals surface area contributed by atoms with Crippen LogP contribution in [0.25, 0.3) is 0 Å². The summed E-state index contributed by atoms with van der Waals surface area (Å²) in [6.45, 7) is 1.29. The van der Waals surface area contributed by atoms with Crippen LogP contribution in [0.15, 0.2) is 66.9 Å². The normalized spacial score (nSPS) is 11.9. The van der Waals surface area contributed by atoms with Crippen LogP contribution in [0.2, 0.25) is 0 Å². The molecule has 6 nitrogen and oxygen atoms in total. The molecule has 1 amide bonds. The van der Waals surface area contributed by atoms with E-state index in [1.54, 1.807) is 18.3 Å². The zero-order valence-electron chi connectivity index (χ0n) is 14.6. The lowest BCUT2D eigenvalue weighted by Crippen LogP contribution is -2.23. The molecular formula is C21H19N3O3. The quantitative estimate of drug-likeness (QED) is 0.704. The third-order valence-corrected chi connectivity index (χ3v) is 4.23. The van der Waals surface area contributed by atoms with Gasteiger partial charge in [-0.25, -0.2) is 4.98 Å². The minimum atomic E-state index is -0.155. The molecule has 0 fully saturated rings. The van der Waals surface area contributed by atoms with Gasteiger partial charge in [0, 0.05) is 24.8 Å². The van der Waals surface area contributed by atoms with Gasteiger partial charge in [0.15, 0.2) is 11.5 Å². The Morgan fingerprint density at radius 3 is 2.67 bits per heavy atom. The summed E-state index contributed by atoms with van der Waals surface area (Å²) in [4.78, 5) is 16.7. The van der Waals surface area contributed by atoms with E-state index in [1.807, 2.05) is 48.5 Å². The lowest BCUT2D eigenvalue weighted by atomic mass is 10.2. The van der Waals surface area contributed by atoms with Crippen LogP contribution in [0.5, 0.6) is 11.5 Å². The number of nitrogens with zero attached hydrogens (tertiary/aromatic N) is 1. The van der Waals surface area contributed by atoms with Gasteiger partial charge in [0.2, 0.25) is 6.79 Å². The second-order valence-corrected chi connectivity index (χ2v) is 6.14. The predicted octanol–water partition coefficient (Wildman–Crippen LogP) is 3.35. The summed E-state index contributed by atoms with van der Waals surface area (Å²) < 4.78 is 10.7. The molecule has 0 saturated carbocycles. The van der Waals surface area contributed by atoms with Crippen LogP contribution < -0.4 is 20.1 Å². The van der Waals surface area contributed by atoms with Crippen LogP contribution in [0.4, 0.5) is 5.82 Å². The highest BCUT2D eigenvalue weighted by Crippen LogP contribution is 2.32. The van der Waals surface area contributed by atoms with E-state index >= 15 is 0 Å². The zero-order chi connectivity index (χ0) is 18.5. The first-order valence-corrected chi connectivity index (χ1v) is 8.68. The molecule has 1 aromatic heterocycles. The van der Waals surface area contributed by atoms with Gasteiger partial charge < -0.3 is 20.1 Å². The summed E-state index contributed by atoms with van der Waals surface area (Å²) >= 11 is 0. The minimum Gasteiger partial charge on any atom is -0.454 e. The largest absolute Gasteiger partial charge is 0.454 e. The van der Waals surface area contributed by atoms with Gasteiger partial charge in [0.1, 0.15) is 5.82 Å². The number of benzene rings is 2. The Kier molecular flexibility index (Phi) is 4.87. The van der Waals surface area contributed by atoms with Crippen molar-refractivity contribution in [1.82, 2.24) is 10.3 Å². The fourth-order valence-electron chi connectivity index (χ4n) is 2.79. The topological polar surface area (TPSA) is 72.5 Å². The summed E-state index contributed by atoms with van der Waals surface area (Å²) in [5.74, 6) is 1.94. The molecule has 0 aliphatic carbocycles. The SMILES string of the molecule is O=C(NCc1ccc2c(c1)OCO2)c1ccnc(NCc2ccccc2)c1. The Balaban J connectivity index is 1.36. The van der Waals surface area contributed by atoms with Gasteiger partial charge >= 0.3 is 0 Å². The number of amides is 1. The van der Waals surface area contributed by atoms with Gasteiger partial charge in [-0.15, -0.1) is 0 Å². The van der Waals surface area contributed by atoms with Crippen LogP contribution >= 0.6 is 0 Å². The van der Waals surface area contributed by atoms with E-state index in [0.29, 0.717) is 30.2 Å². The van der Waals surface area contributed by atoms with E-state index in [9.17, 15) is 4.79 Å². The van der Waals surface area contributed by atoms with E-state index in [0.717, 1.165) is 16.9 Å². The highest BCUT2D eigenvalue weighted by atomic mass is 16.7. The molecule has 2 N–H and O–H groups in total. The molecule has 0 radical (unpaired) electrons. The van der Waals surface area contributed by atoms with Crippen molar-refractivity contribution in [3.63, 3.8) is 0 Å². The molecule has 27 heavy (non-hydrogen) atoms. The first-order valence-electron chi connectivity index (χ1n) is 8.68. The van der Waals surface area contributed by atoms with Gasteiger partial charge in [0.05, 0.1) is 0 Å². The van der Waals surface area contributed by atoms with Crippen LogP contribution in [0.1, 0.15) is 21.5 Å². The molecule has 136 valence electrons. The Bertz CT molecular complexity index is 944. The summed E-state index contributed by atoms with van der Waals surface area (Å²) in [7, 11) is 0. The third kappa shape index (κ3) is 4.17. The Morgan fingerprint density at radius 2 is 1.78 bits per heavy atom. The third-order valence-electron chi connectivity index (χ3n) is 4.23. The van der Waals surface area contributed by atoms with E-state index in [2.05, 4.69) is 15.6 Å². The standard InChI is InChI=1S/C21H19N3O3/c25-21(24-13-16-6-7-18-19(10-16)27-14-26-18)17-8-9-22-20(11-17)23-12-15-4-2-1-3-5-15/h1-11H,12-14H2,(H,22,23)(H,24,25). The van der Waals surface area contributed by atoms with Crippen LogP contribution in [0.3, 0.4) is 0 Å². The number of hydrogen-bond acceptors (Lipinski definition) is 5. The molecule has 1 aliphatic heterocycles. The Hall–Kier alpha value is -3.54. The van der Waals surface area contributed by atoms with E-state index in [1.165, 1.54) is 0 Å². The second-order valence-electron chi connectivity index (χ2n) is 6.14. The maximum atomic E-state index is 12.5. The fourth-order valence-corrected chi connectivity index (χ4v) is 2.79. The molecule has 2 aromatic carbocycles. The number of anilines is 1. The summed E-state index contributed by atoms with van der Waals surface area (Å²) in [5.41, 5.74) is 2.65. The molecule has 0 spiro atoms. The van der Waals surface area contributed by atoms with E-state index in [-0.39, 0.29) is 12.7 Å². The molecule has 0 bridgehead atoms. The lowest BCUT2D eigenvalue weighted by molar-refractivity contribution is 0.0950. The summed E-state index contributed by atoms with van der Waals surface area (Å²) in [6, 6.07) is 19.1. The van der Waals surface area contributed by atoms with Crippen molar-refractivity contribution >= 4 is 11.7 Å². The predicted molar refractivity (Wildman–Crippen MR) is 102 cm³/mol. The number of hydrogen-bond donors (Lipinski definition) is 2. The molecule has 2 heterocycles. The van der Waals surface area contributed by atoms with Crippen molar-refractivity contribution in [1.29, 1.82) is 0 Å². The zero-order valence-corrected chi connectivity index (χ0v) is 14.6. The summed E-state index contributed by atoms with van der Waals surface area (Å²) in [5, 5.41) is 6.15. The van der Waals surface area contributed by atoms with Crippen LogP contribution in [-0.4, -0.2) is 17.7 Å². The van der Waals surface area contributed by atoms with Crippen molar-refractivity contribution in [3.05, 3.63) is 83.6 Å². The highest BCUT2D eigenvalue weighted by molar-refractivity contribution is 5.94. The molecule has 6 heteroatoms. The molecule has 0 atom stereocenters. The van der Waals surface area contributed by atoms with E-state index < -0.39 is 0 Å². The number of rotatable bonds is 6. The number of nitrogens with one attached hydrogen (secondary N) is 2. The van der Waals surface area contributed by atoms with Crippen LogP contribution in [-0.2, 0) is 13.1 Å². The fraction of sp³-hybridized carbons (Fsp3) is 0.143. The van der Waals surface area contributed by atoms with Gasteiger partial charge in [-0.2, -0.15) is 0 Å². The molecule has 4 rings (SSSR count). The second kappa shape index (κ2) is 7.78. The first kappa shape index (κ1) is 16.9. The smallest absolute Gasteiger partial charge is 0.251 e. The van der Waals surface area contributed by atoms with Gasteiger partial charge in [-0.05, 0) is 35.4 Å². The molecular weight excluding hydrogens is 342 g/mol. The molecule has 1 aliphatic rings. The number of fused-ring (bicyclic) bond motifs is 1. The van der Waals surface area contributed by atoms with Crippen molar-refractivity contribution < 1.29 is 14.3 Å². The average Bonchev–Trinajstić information content (AvgIpc) is 3.19. The molecule has 0 unspecified atom stereocenters. The number of pyridine rings is 1. The average molecular weight is 361 g/mol. The lowest BCUT2D eigenvalue weighted by Gasteiger charge is -2.09. The number of carbonyl (C=O) groups excluding carboxylic acids is 1. The van der Waals surface area contributed by atoms with Gasteiger partial charge in [0.25, 0.3) is 5.91 Å². The monoisotopic (exact) mass is 361 g/mol. The van der Waals surface area contributed by atoms with Gasteiger partial charge in [-0.3, -0.25) is 4.79 Å².